The minimum Gasteiger partial charge on any atom is -0.343 e. The van der Waals surface area contributed by atoms with Crippen molar-refractivity contribution >= 4 is 33.7 Å². The molecule has 0 radical (unpaired) electrons. The van der Waals surface area contributed by atoms with Gasteiger partial charge < -0.3 is 5.32 Å². The first-order valence-corrected chi connectivity index (χ1v) is 10.8. The van der Waals surface area contributed by atoms with Crippen LogP contribution in [0.4, 0.5) is 0 Å². The second-order valence-corrected chi connectivity index (χ2v) is 9.80. The summed E-state index contributed by atoms with van der Waals surface area (Å²) in [4.78, 5) is 36.4. The minimum atomic E-state index is -0.442. The molecule has 1 aromatic carbocycles. The summed E-state index contributed by atoms with van der Waals surface area (Å²) in [5.74, 6) is 1.47. The Morgan fingerprint density at radius 1 is 0.964 bits per heavy atom. The summed E-state index contributed by atoms with van der Waals surface area (Å²) < 4.78 is 0.793. The van der Waals surface area contributed by atoms with Gasteiger partial charge in [0.15, 0.2) is 0 Å². The van der Waals surface area contributed by atoms with Crippen LogP contribution < -0.4 is 16.2 Å². The Morgan fingerprint density at radius 3 is 2.18 bits per heavy atom. The number of rotatable bonds is 5. The fraction of sp³-hybridized carbons (Fsp3) is 0.571. The molecule has 4 aliphatic rings. The summed E-state index contributed by atoms with van der Waals surface area (Å²) in [6.07, 6.45) is 7.98. The molecule has 0 unspecified atom stereocenters. The molecule has 7 heteroatoms. The highest BCUT2D eigenvalue weighted by Crippen LogP contribution is 2.61. The first kappa shape index (κ1) is 19.4. The second kappa shape index (κ2) is 7.85. The minimum absolute atomic E-state index is 0.131. The first-order chi connectivity index (χ1) is 13.4. The molecule has 4 saturated carbocycles. The number of benzene rings is 1. The Bertz CT molecular complexity index is 760. The van der Waals surface area contributed by atoms with Gasteiger partial charge in [-0.3, -0.25) is 25.2 Å². The quantitative estimate of drug-likeness (QED) is 0.606. The van der Waals surface area contributed by atoms with Gasteiger partial charge in [-0.2, -0.15) is 0 Å². The van der Waals surface area contributed by atoms with E-state index < -0.39 is 5.91 Å². The fourth-order valence-electron chi connectivity index (χ4n) is 5.97. The molecule has 5 rings (SSSR count). The molecular weight excluding hydrogens is 422 g/mol. The topological polar surface area (TPSA) is 87.3 Å². The molecule has 6 nitrogen and oxygen atoms in total. The van der Waals surface area contributed by atoms with Gasteiger partial charge in [0.1, 0.15) is 0 Å². The van der Waals surface area contributed by atoms with E-state index in [1.165, 1.54) is 19.3 Å². The van der Waals surface area contributed by atoms with Crippen molar-refractivity contribution in [1.82, 2.24) is 16.2 Å². The van der Waals surface area contributed by atoms with E-state index >= 15 is 0 Å². The second-order valence-electron chi connectivity index (χ2n) is 8.88. The lowest BCUT2D eigenvalue weighted by atomic mass is 9.49. The summed E-state index contributed by atoms with van der Waals surface area (Å²) in [6, 6.07) is 6.93. The third-order valence-corrected chi connectivity index (χ3v) is 7.03. The largest absolute Gasteiger partial charge is 0.343 e. The van der Waals surface area contributed by atoms with Gasteiger partial charge in [-0.25, -0.2) is 0 Å². The summed E-state index contributed by atoms with van der Waals surface area (Å²) in [5, 5.41) is 2.55. The van der Waals surface area contributed by atoms with Crippen LogP contribution in [0.2, 0.25) is 0 Å². The normalized spacial score (nSPS) is 30.0. The number of hydrazine groups is 1. The zero-order valence-corrected chi connectivity index (χ0v) is 17.4. The van der Waals surface area contributed by atoms with E-state index in [2.05, 4.69) is 32.1 Å². The standard InChI is InChI=1S/C21H26BrN3O3/c22-17-3-1-2-16(7-17)20(28)23-12-19(27)25-24-18(26)11-21-8-13-4-14(9-21)6-15(5-13)10-21/h1-3,7,13-15H,4-6,8-12H2,(H,23,28)(H,24,26)(H,25,27). The van der Waals surface area contributed by atoms with Gasteiger partial charge in [0.05, 0.1) is 6.54 Å². The van der Waals surface area contributed by atoms with Crippen molar-refractivity contribution in [3.63, 3.8) is 0 Å². The third-order valence-electron chi connectivity index (χ3n) is 6.54. The monoisotopic (exact) mass is 447 g/mol. The number of carbonyl (C=O) groups excluding carboxylic acids is 3. The highest BCUT2D eigenvalue weighted by molar-refractivity contribution is 9.10. The highest BCUT2D eigenvalue weighted by Gasteiger charge is 2.51. The van der Waals surface area contributed by atoms with Crippen molar-refractivity contribution in [3.8, 4) is 0 Å². The molecule has 4 bridgehead atoms. The van der Waals surface area contributed by atoms with Crippen LogP contribution in [0.15, 0.2) is 28.7 Å². The average molecular weight is 448 g/mol. The molecule has 1 aromatic rings. The van der Waals surface area contributed by atoms with Gasteiger partial charge in [0.25, 0.3) is 11.8 Å². The van der Waals surface area contributed by atoms with Crippen molar-refractivity contribution < 1.29 is 14.4 Å². The molecular formula is C21H26BrN3O3. The molecule has 3 N–H and O–H groups in total. The van der Waals surface area contributed by atoms with Gasteiger partial charge >= 0.3 is 0 Å². The Labute approximate surface area is 173 Å². The van der Waals surface area contributed by atoms with Crippen molar-refractivity contribution in [2.24, 2.45) is 23.2 Å². The van der Waals surface area contributed by atoms with Crippen molar-refractivity contribution in [3.05, 3.63) is 34.3 Å². The zero-order valence-electron chi connectivity index (χ0n) is 15.8. The smallest absolute Gasteiger partial charge is 0.257 e. The highest BCUT2D eigenvalue weighted by atomic mass is 79.9. The summed E-state index contributed by atoms with van der Waals surface area (Å²) in [5.41, 5.74) is 5.56. The maximum absolute atomic E-state index is 12.4. The number of hydrogen-bond donors (Lipinski definition) is 3. The van der Waals surface area contributed by atoms with Crippen molar-refractivity contribution in [1.29, 1.82) is 0 Å². The van der Waals surface area contributed by atoms with Gasteiger partial charge in [0, 0.05) is 16.5 Å². The molecule has 4 aliphatic carbocycles. The molecule has 4 fully saturated rings. The predicted octanol–water partition coefficient (Wildman–Crippen LogP) is 2.93. The fourth-order valence-corrected chi connectivity index (χ4v) is 6.37. The van der Waals surface area contributed by atoms with E-state index in [1.807, 2.05) is 6.07 Å². The molecule has 0 spiro atoms. The van der Waals surface area contributed by atoms with E-state index in [1.54, 1.807) is 18.2 Å². The molecule has 0 aromatic heterocycles. The summed E-state index contributed by atoms with van der Waals surface area (Å²) >= 11 is 3.31. The lowest BCUT2D eigenvalue weighted by Gasteiger charge is -2.56. The zero-order chi connectivity index (χ0) is 19.7. The van der Waals surface area contributed by atoms with E-state index in [0.717, 1.165) is 41.5 Å². The van der Waals surface area contributed by atoms with Crippen LogP contribution >= 0.6 is 15.9 Å². The van der Waals surface area contributed by atoms with Crippen LogP contribution in [0.1, 0.15) is 55.3 Å². The lowest BCUT2D eigenvalue weighted by molar-refractivity contribution is -0.134. The maximum atomic E-state index is 12.4. The Kier molecular flexibility index (Phi) is 5.45. The predicted molar refractivity (Wildman–Crippen MR) is 108 cm³/mol. The Balaban J connectivity index is 1.21. The average Bonchev–Trinajstić information content (AvgIpc) is 2.63. The molecule has 0 aliphatic heterocycles. The number of nitrogens with one attached hydrogen (secondary N) is 3. The van der Waals surface area contributed by atoms with Crippen molar-refractivity contribution in [2.45, 2.75) is 44.9 Å². The van der Waals surface area contributed by atoms with E-state index in [9.17, 15) is 14.4 Å². The number of amides is 3. The molecule has 0 saturated heterocycles. The van der Waals surface area contributed by atoms with Crippen LogP contribution in [0.3, 0.4) is 0 Å². The van der Waals surface area contributed by atoms with Gasteiger partial charge in [-0.1, -0.05) is 22.0 Å². The molecule has 150 valence electrons. The van der Waals surface area contributed by atoms with Crippen LogP contribution in [0.5, 0.6) is 0 Å². The van der Waals surface area contributed by atoms with Gasteiger partial charge in [0.2, 0.25) is 5.91 Å². The summed E-state index contributed by atoms with van der Waals surface area (Å²) in [7, 11) is 0. The van der Waals surface area contributed by atoms with Gasteiger partial charge in [-0.15, -0.1) is 0 Å². The van der Waals surface area contributed by atoms with E-state index in [-0.39, 0.29) is 23.8 Å². The van der Waals surface area contributed by atoms with Crippen LogP contribution in [0, 0.1) is 23.2 Å². The Hall–Kier alpha value is -1.89. The third kappa shape index (κ3) is 4.40. The van der Waals surface area contributed by atoms with E-state index in [0.29, 0.717) is 12.0 Å². The lowest BCUT2D eigenvalue weighted by Crippen LogP contribution is -2.51. The Morgan fingerprint density at radius 2 is 1.57 bits per heavy atom. The first-order valence-electron chi connectivity index (χ1n) is 10.0. The number of halogens is 1. The number of hydrogen-bond acceptors (Lipinski definition) is 3. The number of carbonyl (C=O) groups is 3. The van der Waals surface area contributed by atoms with Crippen LogP contribution in [0.25, 0.3) is 0 Å². The van der Waals surface area contributed by atoms with Gasteiger partial charge in [-0.05, 0) is 79.9 Å². The SMILES string of the molecule is O=C(CNC(=O)c1cccc(Br)c1)NNC(=O)CC12CC3CC(CC(C3)C1)C2. The van der Waals surface area contributed by atoms with E-state index in [4.69, 9.17) is 0 Å². The molecule has 3 amide bonds. The summed E-state index contributed by atoms with van der Waals surface area (Å²) in [6.45, 7) is -0.191. The van der Waals surface area contributed by atoms with Crippen molar-refractivity contribution in [2.75, 3.05) is 6.54 Å². The van der Waals surface area contributed by atoms with Crippen LogP contribution in [-0.2, 0) is 9.59 Å². The molecule has 0 heterocycles. The molecule has 0 atom stereocenters. The van der Waals surface area contributed by atoms with Crippen LogP contribution in [-0.4, -0.2) is 24.3 Å². The maximum Gasteiger partial charge on any atom is 0.257 e. The molecule has 28 heavy (non-hydrogen) atoms.